The molecule has 0 unspecified atom stereocenters. The number of nitrogens with zero attached hydrogens (tertiary/aromatic N) is 1. The van der Waals surface area contributed by atoms with Gasteiger partial charge in [-0.3, -0.25) is 9.59 Å². The summed E-state index contributed by atoms with van der Waals surface area (Å²) < 4.78 is 5.66. The fourth-order valence-electron chi connectivity index (χ4n) is 3.76. The average molecular weight is 365 g/mol. The van der Waals surface area contributed by atoms with Gasteiger partial charge in [0.25, 0.3) is 5.91 Å². The number of amides is 2. The van der Waals surface area contributed by atoms with Crippen LogP contribution in [0.1, 0.15) is 50.1 Å². The predicted molar refractivity (Wildman–Crippen MR) is 96.3 cm³/mol. The van der Waals surface area contributed by atoms with Crippen LogP contribution in [-0.4, -0.2) is 42.5 Å². The van der Waals surface area contributed by atoms with Crippen molar-refractivity contribution in [2.75, 3.05) is 13.7 Å². The molecule has 0 aromatic heterocycles. The van der Waals surface area contributed by atoms with Crippen LogP contribution < -0.4 is 5.32 Å². The maximum atomic E-state index is 13.1. The molecule has 2 fully saturated rings. The second-order valence-corrected chi connectivity index (χ2v) is 7.30. The molecule has 25 heavy (non-hydrogen) atoms. The van der Waals surface area contributed by atoms with Crippen LogP contribution in [0.2, 0.25) is 5.02 Å². The number of carbonyl (C=O) groups excluding carboxylic acids is 2. The van der Waals surface area contributed by atoms with Gasteiger partial charge in [0.2, 0.25) is 5.91 Å². The molecule has 1 aliphatic carbocycles. The number of nitrogens with one attached hydrogen (secondary N) is 1. The normalized spacial score (nSPS) is 25.1. The van der Waals surface area contributed by atoms with Crippen LogP contribution in [0.3, 0.4) is 0 Å². The lowest BCUT2D eigenvalue weighted by Gasteiger charge is -2.37. The van der Waals surface area contributed by atoms with Gasteiger partial charge in [-0.05, 0) is 24.5 Å². The molecule has 6 heteroatoms. The summed E-state index contributed by atoms with van der Waals surface area (Å²) in [4.78, 5) is 26.8. The van der Waals surface area contributed by atoms with E-state index in [4.69, 9.17) is 16.3 Å². The van der Waals surface area contributed by atoms with E-state index in [0.29, 0.717) is 10.6 Å². The number of ether oxygens (including phenoxy) is 1. The fourth-order valence-corrected chi connectivity index (χ4v) is 4.01. The first-order valence-electron chi connectivity index (χ1n) is 9.00. The lowest BCUT2D eigenvalue weighted by Crippen LogP contribution is -2.54. The Morgan fingerprint density at radius 3 is 2.56 bits per heavy atom. The molecule has 1 aliphatic heterocycles. The monoisotopic (exact) mass is 364 g/mol. The van der Waals surface area contributed by atoms with E-state index >= 15 is 0 Å². The van der Waals surface area contributed by atoms with Crippen molar-refractivity contribution < 1.29 is 14.3 Å². The first-order chi connectivity index (χ1) is 12.1. The Bertz CT molecular complexity index is 629. The highest BCUT2D eigenvalue weighted by Gasteiger charge is 2.39. The molecule has 0 radical (unpaired) electrons. The van der Waals surface area contributed by atoms with Crippen LogP contribution in [0.25, 0.3) is 0 Å². The Balaban J connectivity index is 1.81. The third-order valence-corrected chi connectivity index (χ3v) is 5.56. The molecule has 0 spiro atoms. The van der Waals surface area contributed by atoms with Crippen molar-refractivity contribution in [2.45, 2.75) is 56.7 Å². The van der Waals surface area contributed by atoms with E-state index in [1.807, 2.05) is 30.1 Å². The molecule has 1 aromatic rings. The lowest BCUT2D eigenvalue weighted by atomic mass is 9.97. The highest BCUT2D eigenvalue weighted by Crippen LogP contribution is 2.30. The molecular formula is C19H25ClN2O3. The van der Waals surface area contributed by atoms with Gasteiger partial charge in [-0.15, -0.1) is 0 Å². The maximum absolute atomic E-state index is 13.1. The first kappa shape index (κ1) is 18.2. The number of halogens is 1. The summed E-state index contributed by atoms with van der Waals surface area (Å²) in [5, 5.41) is 3.40. The van der Waals surface area contributed by atoms with Gasteiger partial charge in [0.15, 0.2) is 6.10 Å². The summed E-state index contributed by atoms with van der Waals surface area (Å²) in [6.45, 7) is -0.101. The number of rotatable bonds is 3. The molecule has 2 amide bonds. The van der Waals surface area contributed by atoms with E-state index in [1.54, 1.807) is 6.07 Å². The van der Waals surface area contributed by atoms with Gasteiger partial charge in [0.05, 0.1) is 6.04 Å². The molecule has 1 saturated heterocycles. The zero-order chi connectivity index (χ0) is 17.8. The second kappa shape index (κ2) is 8.19. The zero-order valence-electron chi connectivity index (χ0n) is 14.5. The minimum Gasteiger partial charge on any atom is -0.356 e. The lowest BCUT2D eigenvalue weighted by molar-refractivity contribution is -0.156. The zero-order valence-corrected chi connectivity index (χ0v) is 15.3. The summed E-state index contributed by atoms with van der Waals surface area (Å²) in [7, 11) is 1.85. The number of benzene rings is 1. The summed E-state index contributed by atoms with van der Waals surface area (Å²) in [5.74, 6) is -0.317. The van der Waals surface area contributed by atoms with Crippen molar-refractivity contribution >= 4 is 23.4 Å². The molecule has 1 heterocycles. The number of morpholine rings is 1. The molecule has 0 bridgehead atoms. The van der Waals surface area contributed by atoms with Gasteiger partial charge in [-0.25, -0.2) is 0 Å². The molecule has 5 nitrogen and oxygen atoms in total. The van der Waals surface area contributed by atoms with Gasteiger partial charge in [-0.2, -0.15) is 0 Å². The summed E-state index contributed by atoms with van der Waals surface area (Å²) in [6, 6.07) is 6.94. The molecule has 136 valence electrons. The highest BCUT2D eigenvalue weighted by atomic mass is 35.5. The van der Waals surface area contributed by atoms with E-state index in [1.165, 1.54) is 12.8 Å². The van der Waals surface area contributed by atoms with E-state index in [9.17, 15) is 9.59 Å². The van der Waals surface area contributed by atoms with Crippen molar-refractivity contribution in [3.05, 3.63) is 34.9 Å². The third kappa shape index (κ3) is 4.15. The Hall–Kier alpha value is -1.59. The molecule has 1 aromatic carbocycles. The Morgan fingerprint density at radius 1 is 1.20 bits per heavy atom. The van der Waals surface area contributed by atoms with Crippen molar-refractivity contribution in [1.29, 1.82) is 0 Å². The van der Waals surface area contributed by atoms with Crippen LogP contribution in [0.4, 0.5) is 0 Å². The molecular weight excluding hydrogens is 340 g/mol. The predicted octanol–water partition coefficient (Wildman–Crippen LogP) is 3.08. The Kier molecular flexibility index (Phi) is 5.97. The Labute approximate surface area is 153 Å². The standard InChI is InChI=1S/C19H25ClN2O3/c1-22(13-8-4-2-3-5-9-13)19(24)18-17(21-16(23)12-25-18)14-10-6-7-11-15(14)20/h6-7,10-11,13,17-18H,2-5,8-9,12H2,1H3,(H,21,23)/t17-,18+/m1/s1. The Morgan fingerprint density at radius 2 is 1.88 bits per heavy atom. The largest absolute Gasteiger partial charge is 0.356 e. The van der Waals surface area contributed by atoms with Crippen LogP contribution in [-0.2, 0) is 14.3 Å². The minimum atomic E-state index is -0.745. The minimum absolute atomic E-state index is 0.0863. The smallest absolute Gasteiger partial charge is 0.254 e. The number of hydrogen-bond donors (Lipinski definition) is 1. The van der Waals surface area contributed by atoms with Crippen molar-refractivity contribution in [2.24, 2.45) is 0 Å². The van der Waals surface area contributed by atoms with Crippen molar-refractivity contribution in [3.63, 3.8) is 0 Å². The van der Waals surface area contributed by atoms with Gasteiger partial charge in [0.1, 0.15) is 6.61 Å². The fraction of sp³-hybridized carbons (Fsp3) is 0.579. The molecule has 3 rings (SSSR count). The van der Waals surface area contributed by atoms with Crippen LogP contribution in [0, 0.1) is 0 Å². The maximum Gasteiger partial charge on any atom is 0.254 e. The quantitative estimate of drug-likeness (QED) is 0.838. The first-order valence-corrected chi connectivity index (χ1v) is 9.38. The molecule has 2 aliphatic rings. The van der Waals surface area contributed by atoms with E-state index in [0.717, 1.165) is 25.7 Å². The van der Waals surface area contributed by atoms with Gasteiger partial charge >= 0.3 is 0 Å². The summed E-state index contributed by atoms with van der Waals surface area (Å²) in [5.41, 5.74) is 0.713. The SMILES string of the molecule is CN(C(=O)[C@H]1OCC(=O)N[C@@H]1c1ccccc1Cl)C1CCCCCC1. The summed E-state index contributed by atoms with van der Waals surface area (Å²) in [6.07, 6.45) is 6.08. The van der Waals surface area contributed by atoms with Crippen LogP contribution in [0.15, 0.2) is 24.3 Å². The third-order valence-electron chi connectivity index (χ3n) is 5.22. The van der Waals surface area contributed by atoms with E-state index in [-0.39, 0.29) is 24.5 Å². The van der Waals surface area contributed by atoms with Gasteiger partial charge < -0.3 is 15.0 Å². The van der Waals surface area contributed by atoms with E-state index < -0.39 is 12.1 Å². The van der Waals surface area contributed by atoms with Gasteiger partial charge in [0, 0.05) is 18.1 Å². The molecule has 1 saturated carbocycles. The second-order valence-electron chi connectivity index (χ2n) is 6.89. The number of likely N-dealkylation sites (N-methyl/N-ethyl adjacent to an activating group) is 1. The molecule has 2 atom stereocenters. The van der Waals surface area contributed by atoms with E-state index in [2.05, 4.69) is 5.32 Å². The average Bonchev–Trinajstić information content (AvgIpc) is 2.90. The summed E-state index contributed by atoms with van der Waals surface area (Å²) >= 11 is 6.29. The topological polar surface area (TPSA) is 58.6 Å². The van der Waals surface area contributed by atoms with Crippen molar-refractivity contribution in [3.8, 4) is 0 Å². The molecule has 1 N–H and O–H groups in total. The van der Waals surface area contributed by atoms with Crippen LogP contribution in [0.5, 0.6) is 0 Å². The van der Waals surface area contributed by atoms with Gasteiger partial charge in [-0.1, -0.05) is 55.5 Å². The van der Waals surface area contributed by atoms with Crippen molar-refractivity contribution in [1.82, 2.24) is 10.2 Å². The number of carbonyl (C=O) groups is 2. The van der Waals surface area contributed by atoms with Crippen LogP contribution >= 0.6 is 11.6 Å². The highest BCUT2D eigenvalue weighted by molar-refractivity contribution is 6.31. The number of hydrogen-bond acceptors (Lipinski definition) is 3.